The highest BCUT2D eigenvalue weighted by Gasteiger charge is 2.32. The van der Waals surface area contributed by atoms with Crippen molar-refractivity contribution in [1.82, 2.24) is 5.32 Å². The van der Waals surface area contributed by atoms with Gasteiger partial charge in [0.25, 0.3) is 0 Å². The molecule has 21 heavy (non-hydrogen) atoms. The van der Waals surface area contributed by atoms with Crippen LogP contribution >= 0.6 is 0 Å². The molecular weight excluding hydrogens is 305 g/mol. The van der Waals surface area contributed by atoms with Crippen molar-refractivity contribution in [3.63, 3.8) is 0 Å². The molecule has 0 aromatic heterocycles. The Balaban J connectivity index is 2.16. The van der Waals surface area contributed by atoms with E-state index in [1.54, 1.807) is 0 Å². The third kappa shape index (κ3) is 3.75. The highest BCUT2D eigenvalue weighted by molar-refractivity contribution is 7.86. The SMILES string of the molecule is CC(C(=O)NC1CC1)S(=O)c1ccc(C(F)(F)F)cc1N. The van der Waals surface area contributed by atoms with Gasteiger partial charge >= 0.3 is 6.18 Å². The number of hydrogen-bond donors (Lipinski definition) is 2. The van der Waals surface area contributed by atoms with Crippen LogP contribution in [0.15, 0.2) is 23.1 Å². The molecule has 0 bridgehead atoms. The summed E-state index contributed by atoms with van der Waals surface area (Å²) in [6.45, 7) is 1.46. The van der Waals surface area contributed by atoms with Gasteiger partial charge in [-0.2, -0.15) is 13.2 Å². The fraction of sp³-hybridized carbons (Fsp3) is 0.462. The van der Waals surface area contributed by atoms with E-state index in [0.29, 0.717) is 0 Å². The molecule has 116 valence electrons. The predicted molar refractivity (Wildman–Crippen MR) is 72.9 cm³/mol. The summed E-state index contributed by atoms with van der Waals surface area (Å²) in [5.74, 6) is -0.380. The molecule has 1 aliphatic carbocycles. The standard InChI is InChI=1S/C13H15F3N2O2S/c1-7(12(19)18-9-3-4-9)21(20)11-5-2-8(6-10(11)17)13(14,15)16/h2,5-7,9H,3-4,17H2,1H3,(H,18,19). The Morgan fingerprint density at radius 1 is 1.43 bits per heavy atom. The van der Waals surface area contributed by atoms with Crippen LogP contribution in [-0.4, -0.2) is 21.4 Å². The fourth-order valence-electron chi connectivity index (χ4n) is 1.74. The molecule has 8 heteroatoms. The van der Waals surface area contributed by atoms with Gasteiger partial charge in [0.05, 0.1) is 21.3 Å². The number of rotatable bonds is 4. The first kappa shape index (κ1) is 15.8. The Bertz CT molecular complexity index is 585. The van der Waals surface area contributed by atoms with E-state index in [2.05, 4.69) is 5.32 Å². The molecule has 1 aliphatic rings. The van der Waals surface area contributed by atoms with Gasteiger partial charge in [0, 0.05) is 11.7 Å². The molecule has 2 rings (SSSR count). The van der Waals surface area contributed by atoms with Gasteiger partial charge in [-0.1, -0.05) is 0 Å². The number of hydrogen-bond acceptors (Lipinski definition) is 3. The second kappa shape index (κ2) is 5.67. The molecule has 1 fully saturated rings. The van der Waals surface area contributed by atoms with Gasteiger partial charge in [-0.25, -0.2) is 0 Å². The van der Waals surface area contributed by atoms with E-state index < -0.39 is 27.8 Å². The molecule has 0 radical (unpaired) electrons. The Kier molecular flexibility index (Phi) is 4.27. The maximum absolute atomic E-state index is 12.5. The smallest absolute Gasteiger partial charge is 0.398 e. The summed E-state index contributed by atoms with van der Waals surface area (Å²) in [4.78, 5) is 11.9. The summed E-state index contributed by atoms with van der Waals surface area (Å²) < 4.78 is 49.9. The molecule has 1 aromatic carbocycles. The monoisotopic (exact) mass is 320 g/mol. The summed E-state index contributed by atoms with van der Waals surface area (Å²) in [5, 5.41) is 1.84. The number of nitrogen functional groups attached to an aromatic ring is 1. The van der Waals surface area contributed by atoms with Crippen molar-refractivity contribution in [1.29, 1.82) is 0 Å². The Morgan fingerprint density at radius 2 is 2.05 bits per heavy atom. The number of benzene rings is 1. The van der Waals surface area contributed by atoms with E-state index in [1.807, 2.05) is 0 Å². The van der Waals surface area contributed by atoms with Crippen molar-refractivity contribution in [2.45, 2.75) is 42.1 Å². The first-order valence-electron chi connectivity index (χ1n) is 6.38. The molecule has 2 unspecified atom stereocenters. The minimum atomic E-state index is -4.51. The van der Waals surface area contributed by atoms with Crippen molar-refractivity contribution >= 4 is 22.4 Å². The molecule has 1 saturated carbocycles. The lowest BCUT2D eigenvalue weighted by Crippen LogP contribution is -2.36. The lowest BCUT2D eigenvalue weighted by atomic mass is 10.2. The third-order valence-electron chi connectivity index (χ3n) is 3.17. The molecule has 1 amide bonds. The van der Waals surface area contributed by atoms with Gasteiger partial charge in [-0.3, -0.25) is 9.00 Å². The molecule has 3 N–H and O–H groups in total. The lowest BCUT2D eigenvalue weighted by Gasteiger charge is -2.14. The number of nitrogens with two attached hydrogens (primary N) is 1. The van der Waals surface area contributed by atoms with Crippen molar-refractivity contribution in [2.24, 2.45) is 0 Å². The van der Waals surface area contributed by atoms with Gasteiger partial charge in [0.15, 0.2) is 0 Å². The average molecular weight is 320 g/mol. The van der Waals surface area contributed by atoms with Gasteiger partial charge in [-0.05, 0) is 38.0 Å². The van der Waals surface area contributed by atoms with E-state index >= 15 is 0 Å². The van der Waals surface area contributed by atoms with Gasteiger partial charge in [-0.15, -0.1) is 0 Å². The van der Waals surface area contributed by atoms with Crippen LogP contribution < -0.4 is 11.1 Å². The van der Waals surface area contributed by atoms with Gasteiger partial charge in [0.1, 0.15) is 5.25 Å². The zero-order valence-corrected chi connectivity index (χ0v) is 12.1. The maximum Gasteiger partial charge on any atom is 0.416 e. The second-order valence-corrected chi connectivity index (χ2v) is 6.71. The molecule has 1 aromatic rings. The molecule has 4 nitrogen and oxygen atoms in total. The maximum atomic E-state index is 12.5. The molecule has 0 saturated heterocycles. The van der Waals surface area contributed by atoms with Crippen LogP contribution in [0.1, 0.15) is 25.3 Å². The minimum Gasteiger partial charge on any atom is -0.398 e. The Morgan fingerprint density at radius 3 is 2.52 bits per heavy atom. The number of carbonyl (C=O) groups excluding carboxylic acids is 1. The molecule has 0 aliphatic heterocycles. The van der Waals surface area contributed by atoms with E-state index in [4.69, 9.17) is 5.73 Å². The van der Waals surface area contributed by atoms with E-state index in [0.717, 1.165) is 31.0 Å². The average Bonchev–Trinajstić information content (AvgIpc) is 3.19. The normalized spacial score (nSPS) is 18.1. The van der Waals surface area contributed by atoms with Crippen LogP contribution in [0, 0.1) is 0 Å². The number of alkyl halides is 3. The topological polar surface area (TPSA) is 72.2 Å². The summed E-state index contributed by atoms with van der Waals surface area (Å²) in [6, 6.07) is 2.74. The predicted octanol–water partition coefficient (Wildman–Crippen LogP) is 2.06. The molecule has 0 spiro atoms. The van der Waals surface area contributed by atoms with Crippen LogP contribution in [-0.2, 0) is 21.8 Å². The van der Waals surface area contributed by atoms with Crippen LogP contribution in [0.3, 0.4) is 0 Å². The summed E-state index contributed by atoms with van der Waals surface area (Å²) >= 11 is 0. The first-order valence-corrected chi connectivity index (χ1v) is 7.59. The summed E-state index contributed by atoms with van der Waals surface area (Å²) in [6.07, 6.45) is -2.72. The zero-order chi connectivity index (χ0) is 15.8. The van der Waals surface area contributed by atoms with E-state index in [9.17, 15) is 22.2 Å². The van der Waals surface area contributed by atoms with Gasteiger partial charge in [0.2, 0.25) is 5.91 Å². The van der Waals surface area contributed by atoms with Crippen molar-refractivity contribution in [3.8, 4) is 0 Å². The second-order valence-electron chi connectivity index (χ2n) is 4.97. The fourth-order valence-corrected chi connectivity index (χ4v) is 2.88. The highest BCUT2D eigenvalue weighted by atomic mass is 32.2. The molecule has 0 heterocycles. The van der Waals surface area contributed by atoms with Gasteiger partial charge < -0.3 is 11.1 Å². The van der Waals surface area contributed by atoms with E-state index in [1.165, 1.54) is 6.92 Å². The van der Waals surface area contributed by atoms with Crippen molar-refractivity contribution in [2.75, 3.05) is 5.73 Å². The molecule has 2 atom stereocenters. The number of nitrogens with one attached hydrogen (secondary N) is 1. The number of halogens is 3. The Labute approximate surface area is 122 Å². The third-order valence-corrected chi connectivity index (χ3v) is 4.83. The minimum absolute atomic E-state index is 0.0430. The summed E-state index contributed by atoms with van der Waals surface area (Å²) in [7, 11) is -1.80. The quantitative estimate of drug-likeness (QED) is 0.834. The zero-order valence-electron chi connectivity index (χ0n) is 11.2. The van der Waals surface area contributed by atoms with Crippen LogP contribution in [0.2, 0.25) is 0 Å². The van der Waals surface area contributed by atoms with Crippen molar-refractivity contribution < 1.29 is 22.2 Å². The van der Waals surface area contributed by atoms with Crippen LogP contribution in [0.4, 0.5) is 18.9 Å². The largest absolute Gasteiger partial charge is 0.416 e. The summed E-state index contributed by atoms with van der Waals surface area (Å²) in [5.41, 5.74) is 4.41. The van der Waals surface area contributed by atoms with E-state index in [-0.39, 0.29) is 22.5 Å². The number of anilines is 1. The van der Waals surface area contributed by atoms with Crippen molar-refractivity contribution in [3.05, 3.63) is 23.8 Å². The highest BCUT2D eigenvalue weighted by Crippen LogP contribution is 2.32. The number of carbonyl (C=O) groups is 1. The van der Waals surface area contributed by atoms with Crippen LogP contribution in [0.5, 0.6) is 0 Å². The molecular formula is C13H15F3N2O2S. The van der Waals surface area contributed by atoms with Crippen LogP contribution in [0.25, 0.3) is 0 Å². The lowest BCUT2D eigenvalue weighted by molar-refractivity contribution is -0.137. The Hall–Kier alpha value is -1.57. The number of amides is 1. The first-order chi connectivity index (χ1) is 9.70.